The third kappa shape index (κ3) is 1.96. The molecule has 1 saturated heterocycles. The molecule has 0 aliphatic carbocycles. The van der Waals surface area contributed by atoms with Gasteiger partial charge in [0, 0.05) is 11.1 Å². The molecule has 8 heavy (non-hydrogen) atoms. The summed E-state index contributed by atoms with van der Waals surface area (Å²) in [6.45, 7) is 0.927. The molecule has 1 atom stereocenters. The molecule has 3 heteroatoms. The molecule has 1 nitrogen and oxygen atoms in total. The van der Waals surface area contributed by atoms with E-state index in [1.807, 2.05) is 0 Å². The lowest BCUT2D eigenvalue weighted by Crippen LogP contribution is -2.14. The molecule has 1 aliphatic rings. The smallest absolute Gasteiger partial charge is 0.0650 e. The summed E-state index contributed by atoms with van der Waals surface area (Å²) in [4.78, 5) is 0. The van der Waals surface area contributed by atoms with Crippen molar-refractivity contribution in [3.63, 3.8) is 0 Å². The van der Waals surface area contributed by atoms with Crippen LogP contribution in [0, 0.1) is 5.92 Å². The molecule has 0 radical (unpaired) electrons. The molecular formula is C5H9BrOS. The first kappa shape index (κ1) is 6.90. The van der Waals surface area contributed by atoms with Crippen molar-refractivity contribution in [2.75, 3.05) is 17.7 Å². The highest BCUT2D eigenvalue weighted by Crippen LogP contribution is 2.20. The van der Waals surface area contributed by atoms with Gasteiger partial charge in [0.15, 0.2) is 0 Å². The molecule has 0 aromatic rings. The van der Waals surface area contributed by atoms with Crippen molar-refractivity contribution in [3.8, 4) is 0 Å². The zero-order chi connectivity index (χ0) is 5.82. The van der Waals surface area contributed by atoms with Crippen molar-refractivity contribution < 1.29 is 4.18 Å². The predicted molar refractivity (Wildman–Crippen MR) is 40.3 cm³/mol. The van der Waals surface area contributed by atoms with E-state index in [2.05, 4.69) is 15.9 Å². The summed E-state index contributed by atoms with van der Waals surface area (Å²) >= 11 is 5.01. The van der Waals surface area contributed by atoms with Gasteiger partial charge in [-0.1, -0.05) is 15.9 Å². The number of hydrogen-bond donors (Lipinski definition) is 0. The van der Waals surface area contributed by atoms with Crippen LogP contribution in [0.3, 0.4) is 0 Å². The second kappa shape index (κ2) is 3.75. The molecule has 1 fully saturated rings. The van der Waals surface area contributed by atoms with Crippen molar-refractivity contribution in [1.82, 2.24) is 0 Å². The van der Waals surface area contributed by atoms with Gasteiger partial charge in [0.2, 0.25) is 0 Å². The largest absolute Gasteiger partial charge is 0.315 e. The summed E-state index contributed by atoms with van der Waals surface area (Å²) < 4.78 is 5.16. The van der Waals surface area contributed by atoms with Gasteiger partial charge < -0.3 is 4.18 Å². The summed E-state index contributed by atoms with van der Waals surface area (Å²) in [7, 11) is 0. The van der Waals surface area contributed by atoms with Crippen molar-refractivity contribution >= 4 is 28.0 Å². The predicted octanol–water partition coefficient (Wildman–Crippen LogP) is 2.07. The van der Waals surface area contributed by atoms with Crippen LogP contribution in [-0.4, -0.2) is 17.7 Å². The minimum atomic E-state index is 0.760. The molecule has 0 aromatic carbocycles. The lowest BCUT2D eigenvalue weighted by Gasteiger charge is -2.17. The third-order valence-corrected chi connectivity index (χ3v) is 2.84. The monoisotopic (exact) mass is 196 g/mol. The van der Waals surface area contributed by atoms with Gasteiger partial charge in [-0.15, -0.1) is 0 Å². The number of rotatable bonds is 1. The second-order valence-corrected chi connectivity index (χ2v) is 3.44. The van der Waals surface area contributed by atoms with Crippen LogP contribution in [0.2, 0.25) is 0 Å². The molecule has 0 N–H and O–H groups in total. The molecule has 1 unspecified atom stereocenters. The Balaban J connectivity index is 2.13. The quantitative estimate of drug-likeness (QED) is 0.470. The lowest BCUT2D eigenvalue weighted by atomic mass is 10.1. The van der Waals surface area contributed by atoms with Gasteiger partial charge >= 0.3 is 0 Å². The first-order chi connectivity index (χ1) is 3.93. The second-order valence-electron chi connectivity index (χ2n) is 1.92. The SMILES string of the molecule is BrCC1CCSOC1. The Kier molecular flexibility index (Phi) is 3.23. The van der Waals surface area contributed by atoms with Crippen molar-refractivity contribution in [3.05, 3.63) is 0 Å². The molecule has 0 saturated carbocycles. The number of hydrogen-bond acceptors (Lipinski definition) is 2. The summed E-state index contributed by atoms with van der Waals surface area (Å²) in [5.74, 6) is 1.92. The number of alkyl halides is 1. The Morgan fingerprint density at radius 2 is 2.62 bits per heavy atom. The first-order valence-electron chi connectivity index (χ1n) is 2.74. The van der Waals surface area contributed by atoms with Crippen LogP contribution in [0.15, 0.2) is 0 Å². The van der Waals surface area contributed by atoms with E-state index in [1.54, 1.807) is 12.0 Å². The standard InChI is InChI=1S/C5H9BrOS/c6-3-5-1-2-8-7-4-5/h5H,1-4H2. The van der Waals surface area contributed by atoms with E-state index < -0.39 is 0 Å². The van der Waals surface area contributed by atoms with E-state index in [0.29, 0.717) is 0 Å². The van der Waals surface area contributed by atoms with Gasteiger partial charge in [-0.05, 0) is 24.4 Å². The normalized spacial score (nSPS) is 30.4. The zero-order valence-corrected chi connectivity index (χ0v) is 7.00. The molecule has 48 valence electrons. The Morgan fingerprint density at radius 1 is 1.75 bits per heavy atom. The third-order valence-electron chi connectivity index (χ3n) is 1.21. The van der Waals surface area contributed by atoms with Crippen LogP contribution >= 0.6 is 28.0 Å². The van der Waals surface area contributed by atoms with E-state index in [9.17, 15) is 0 Å². The summed E-state index contributed by atoms with van der Waals surface area (Å²) in [6, 6.07) is 0. The van der Waals surface area contributed by atoms with Gasteiger partial charge in [0.05, 0.1) is 6.61 Å². The average Bonchev–Trinajstić information content (AvgIpc) is 1.90. The lowest BCUT2D eigenvalue weighted by molar-refractivity contribution is 0.283. The fourth-order valence-corrected chi connectivity index (χ4v) is 1.97. The maximum absolute atomic E-state index is 5.16. The Morgan fingerprint density at radius 3 is 3.00 bits per heavy atom. The summed E-state index contributed by atoms with van der Waals surface area (Å²) in [5.41, 5.74) is 0. The van der Waals surface area contributed by atoms with Gasteiger partial charge in [-0.3, -0.25) is 0 Å². The topological polar surface area (TPSA) is 9.23 Å². The highest BCUT2D eigenvalue weighted by Gasteiger charge is 2.11. The average molecular weight is 197 g/mol. The van der Waals surface area contributed by atoms with Crippen molar-refractivity contribution in [2.45, 2.75) is 6.42 Å². The van der Waals surface area contributed by atoms with E-state index in [1.165, 1.54) is 6.42 Å². The first-order valence-corrected chi connectivity index (χ1v) is 4.77. The maximum atomic E-state index is 5.16. The fourth-order valence-electron chi connectivity index (χ4n) is 0.623. The molecule has 0 spiro atoms. The van der Waals surface area contributed by atoms with E-state index in [-0.39, 0.29) is 0 Å². The maximum Gasteiger partial charge on any atom is 0.0650 e. The number of halogens is 1. The van der Waals surface area contributed by atoms with E-state index in [0.717, 1.165) is 23.6 Å². The van der Waals surface area contributed by atoms with Crippen LogP contribution < -0.4 is 0 Å². The summed E-state index contributed by atoms with van der Waals surface area (Å²) in [6.07, 6.45) is 1.30. The minimum absolute atomic E-state index is 0.760. The van der Waals surface area contributed by atoms with Crippen molar-refractivity contribution in [2.24, 2.45) is 5.92 Å². The molecule has 1 aliphatic heterocycles. The van der Waals surface area contributed by atoms with Crippen LogP contribution in [-0.2, 0) is 4.18 Å². The van der Waals surface area contributed by atoms with Gasteiger partial charge in [0.1, 0.15) is 0 Å². The minimum Gasteiger partial charge on any atom is -0.315 e. The Labute approximate surface area is 62.5 Å². The molecule has 1 rings (SSSR count). The Hall–Kier alpha value is 0.790. The van der Waals surface area contributed by atoms with Gasteiger partial charge in [-0.25, -0.2) is 0 Å². The molecule has 0 bridgehead atoms. The summed E-state index contributed by atoms with van der Waals surface area (Å²) in [5, 5.41) is 1.09. The van der Waals surface area contributed by atoms with Gasteiger partial charge in [0.25, 0.3) is 0 Å². The molecule has 0 amide bonds. The van der Waals surface area contributed by atoms with E-state index >= 15 is 0 Å². The van der Waals surface area contributed by atoms with Gasteiger partial charge in [-0.2, -0.15) is 0 Å². The van der Waals surface area contributed by atoms with Crippen LogP contribution in [0.4, 0.5) is 0 Å². The van der Waals surface area contributed by atoms with E-state index in [4.69, 9.17) is 4.18 Å². The van der Waals surface area contributed by atoms with Crippen LogP contribution in [0.5, 0.6) is 0 Å². The van der Waals surface area contributed by atoms with Crippen LogP contribution in [0.25, 0.3) is 0 Å². The van der Waals surface area contributed by atoms with Crippen LogP contribution in [0.1, 0.15) is 6.42 Å². The highest BCUT2D eigenvalue weighted by molar-refractivity contribution is 9.09. The molecule has 1 heterocycles. The molecule has 0 aromatic heterocycles. The van der Waals surface area contributed by atoms with Crippen molar-refractivity contribution in [1.29, 1.82) is 0 Å². The zero-order valence-electron chi connectivity index (χ0n) is 4.60. The molecular weight excluding hydrogens is 188 g/mol. The fraction of sp³-hybridized carbons (Fsp3) is 1.00. The highest BCUT2D eigenvalue weighted by atomic mass is 79.9. The Bertz CT molecular complexity index is 63.4.